The summed E-state index contributed by atoms with van der Waals surface area (Å²) in [6.07, 6.45) is 5.77. The molecule has 2 aliphatic rings. The Bertz CT molecular complexity index is 1960. The normalized spacial score (nSPS) is 13.4. The van der Waals surface area contributed by atoms with Crippen LogP contribution in [0.25, 0.3) is 0 Å². The number of terminal acetylenes is 1. The first-order valence-corrected chi connectivity index (χ1v) is 21.7. The van der Waals surface area contributed by atoms with E-state index in [1.807, 2.05) is 6.07 Å². The molecule has 3 amide bonds. The molecule has 2 aliphatic heterocycles. The molecule has 2 N–H and O–H groups in total. The number of alkyl halides is 1. The number of methoxy groups -OCH3 is 6. The van der Waals surface area contributed by atoms with E-state index in [1.165, 1.54) is 40.3 Å². The second-order valence-corrected chi connectivity index (χ2v) is 18.3. The van der Waals surface area contributed by atoms with E-state index in [2.05, 4.69) is 68.3 Å². The number of fused-ring (bicyclic) bond motifs is 2. The highest BCUT2D eigenvalue weighted by Crippen LogP contribution is 2.36. The fourth-order valence-electron chi connectivity index (χ4n) is 5.27. The summed E-state index contributed by atoms with van der Waals surface area (Å²) in [6.45, 7) is 8.43. The Morgan fingerprint density at radius 1 is 0.828 bits per heavy atom. The number of rotatable bonds is 11. The molecule has 2 aromatic carbocycles. The molecule has 4 rings (SSSR count). The Hall–Kier alpha value is -5.85. The largest absolute Gasteiger partial charge is 0.493 e. The SMILES string of the molecule is C#C[C@](CN1Cc2cc(OC)c(OC)cc2C1=O)(NC)C(=O)OC.COC(=O)C(C#C[Si](C)(C)C)NC(C)=O.COc1cc2c(cc1OC)C(=O)N(CBr)C2.O=C=O. The van der Waals surface area contributed by atoms with E-state index in [9.17, 15) is 24.0 Å². The molecule has 314 valence electrons. The zero-order valence-electron chi connectivity index (χ0n) is 34.4. The number of ether oxygens (including phenoxy) is 6. The van der Waals surface area contributed by atoms with Gasteiger partial charge >= 0.3 is 18.1 Å². The van der Waals surface area contributed by atoms with Crippen LogP contribution in [0.15, 0.2) is 24.3 Å². The first-order chi connectivity index (χ1) is 27.3. The predicted octanol–water partition coefficient (Wildman–Crippen LogP) is 2.40. The number of nitrogens with one attached hydrogen (secondary N) is 2. The van der Waals surface area contributed by atoms with Gasteiger partial charge in [-0.1, -0.05) is 47.4 Å². The molecule has 0 saturated heterocycles. The van der Waals surface area contributed by atoms with Gasteiger partial charge in [-0.2, -0.15) is 9.59 Å². The van der Waals surface area contributed by atoms with Crippen LogP contribution in [0.5, 0.6) is 23.0 Å². The number of benzene rings is 2. The minimum atomic E-state index is -1.55. The Kier molecular flexibility index (Phi) is 20.2. The Morgan fingerprint density at radius 2 is 1.26 bits per heavy atom. The molecule has 1 unspecified atom stereocenters. The van der Waals surface area contributed by atoms with E-state index in [1.54, 1.807) is 44.4 Å². The van der Waals surface area contributed by atoms with Crippen LogP contribution >= 0.6 is 15.9 Å². The Balaban J connectivity index is 0.000000436. The molecule has 17 nitrogen and oxygen atoms in total. The number of likely N-dealkylation sites (N-methyl/N-ethyl adjacent to an activating group) is 1. The van der Waals surface area contributed by atoms with Crippen molar-refractivity contribution in [1.29, 1.82) is 0 Å². The third kappa shape index (κ3) is 13.4. The minimum absolute atomic E-state index is 0.00911. The lowest BCUT2D eigenvalue weighted by Gasteiger charge is -2.29. The van der Waals surface area contributed by atoms with Crippen LogP contribution in [0, 0.1) is 23.8 Å². The van der Waals surface area contributed by atoms with Crippen LogP contribution in [0.4, 0.5) is 0 Å². The summed E-state index contributed by atoms with van der Waals surface area (Å²) >= 11 is 3.29. The zero-order chi connectivity index (χ0) is 44.4. The summed E-state index contributed by atoms with van der Waals surface area (Å²) in [4.78, 5) is 78.1. The third-order valence-corrected chi connectivity index (χ3v) is 9.63. The number of amides is 3. The molecule has 58 heavy (non-hydrogen) atoms. The van der Waals surface area contributed by atoms with Gasteiger partial charge in [0.15, 0.2) is 34.6 Å². The van der Waals surface area contributed by atoms with Gasteiger partial charge in [0.25, 0.3) is 11.8 Å². The van der Waals surface area contributed by atoms with Gasteiger partial charge in [0, 0.05) is 31.1 Å². The van der Waals surface area contributed by atoms with Gasteiger partial charge in [0.05, 0.1) is 54.7 Å². The number of carbonyl (C=O) groups is 5. The lowest BCUT2D eigenvalue weighted by molar-refractivity contribution is -0.191. The second kappa shape index (κ2) is 23.4. The van der Waals surface area contributed by atoms with Crippen molar-refractivity contribution in [3.05, 3.63) is 46.5 Å². The summed E-state index contributed by atoms with van der Waals surface area (Å²) < 4.78 is 30.2. The van der Waals surface area contributed by atoms with Crippen molar-refractivity contribution in [1.82, 2.24) is 20.4 Å². The van der Waals surface area contributed by atoms with Crippen LogP contribution in [-0.4, -0.2) is 127 Å². The zero-order valence-corrected chi connectivity index (χ0v) is 37.0. The Morgan fingerprint density at radius 3 is 1.60 bits per heavy atom. The first kappa shape index (κ1) is 50.2. The maximum Gasteiger partial charge on any atom is 0.373 e. The van der Waals surface area contributed by atoms with E-state index < -0.39 is 31.6 Å². The highest BCUT2D eigenvalue weighted by Gasteiger charge is 2.42. The summed E-state index contributed by atoms with van der Waals surface area (Å²) in [6, 6.07) is 6.12. The summed E-state index contributed by atoms with van der Waals surface area (Å²) in [5.41, 5.74) is 5.09. The van der Waals surface area contributed by atoms with Gasteiger partial charge in [0.1, 0.15) is 8.07 Å². The van der Waals surface area contributed by atoms with E-state index in [-0.39, 0.29) is 30.4 Å². The molecule has 0 saturated carbocycles. The summed E-state index contributed by atoms with van der Waals surface area (Å²) in [7, 11) is 8.70. The molecule has 0 fully saturated rings. The van der Waals surface area contributed by atoms with E-state index in [0.29, 0.717) is 52.7 Å². The average molecular weight is 890 g/mol. The van der Waals surface area contributed by atoms with Gasteiger partial charge in [-0.15, -0.1) is 12.0 Å². The number of halogens is 1. The highest BCUT2D eigenvalue weighted by molar-refractivity contribution is 9.09. The highest BCUT2D eigenvalue weighted by atomic mass is 79.9. The van der Waals surface area contributed by atoms with Gasteiger partial charge in [-0.05, 0) is 42.4 Å². The van der Waals surface area contributed by atoms with Crippen molar-refractivity contribution in [3.63, 3.8) is 0 Å². The van der Waals surface area contributed by atoms with Crippen LogP contribution in [0.1, 0.15) is 38.8 Å². The quantitative estimate of drug-likeness (QED) is 0.109. The topological polar surface area (TPSA) is 205 Å². The maximum absolute atomic E-state index is 12.7. The maximum atomic E-state index is 12.7. The van der Waals surface area contributed by atoms with E-state index in [4.69, 9.17) is 39.7 Å². The summed E-state index contributed by atoms with van der Waals surface area (Å²) in [5, 5.41) is 5.22. The third-order valence-electron chi connectivity index (χ3n) is 8.13. The molecular formula is C39H49BrN4O13Si. The molecule has 0 radical (unpaired) electrons. The van der Waals surface area contributed by atoms with Crippen LogP contribution in [0.3, 0.4) is 0 Å². The van der Waals surface area contributed by atoms with Crippen molar-refractivity contribution < 1.29 is 62.0 Å². The Labute approximate surface area is 347 Å². The molecule has 0 aromatic heterocycles. The molecule has 2 aromatic rings. The van der Waals surface area contributed by atoms with Gasteiger partial charge in [-0.25, -0.2) is 9.59 Å². The molecule has 2 atom stereocenters. The predicted molar refractivity (Wildman–Crippen MR) is 216 cm³/mol. The monoisotopic (exact) mass is 888 g/mol. The van der Waals surface area contributed by atoms with Crippen LogP contribution < -0.4 is 29.6 Å². The molecule has 0 spiro atoms. The fraction of sp³-hybridized carbons (Fsp3) is 0.436. The van der Waals surface area contributed by atoms with Crippen molar-refractivity contribution in [2.45, 2.75) is 51.2 Å². The summed E-state index contributed by atoms with van der Waals surface area (Å²) in [5.74, 6) is 5.75. The lowest BCUT2D eigenvalue weighted by Crippen LogP contribution is -2.57. The van der Waals surface area contributed by atoms with Crippen molar-refractivity contribution in [3.8, 4) is 46.8 Å². The number of carbonyl (C=O) groups excluding carboxylic acids is 7. The van der Waals surface area contributed by atoms with Crippen LogP contribution in [0.2, 0.25) is 19.6 Å². The number of hydrogen-bond acceptors (Lipinski definition) is 14. The van der Waals surface area contributed by atoms with Gasteiger partial charge in [-0.3, -0.25) is 19.7 Å². The minimum Gasteiger partial charge on any atom is -0.493 e. The molecule has 0 aliphatic carbocycles. The second-order valence-electron chi connectivity index (χ2n) is 13.1. The van der Waals surface area contributed by atoms with E-state index in [0.717, 1.165) is 11.1 Å². The van der Waals surface area contributed by atoms with E-state index >= 15 is 0 Å². The smallest absolute Gasteiger partial charge is 0.373 e. The van der Waals surface area contributed by atoms with Crippen molar-refractivity contribution in [2.75, 3.05) is 61.7 Å². The standard InChI is InChI=1S/C17H20N2O5.C11H12BrNO3.C10H17NO3Si.CO2/c1-6-17(18-2,16(21)24-5)10-19-9-11-7-13(22-3)14(23-4)8-12(11)15(19)20;1-15-9-3-7-5-13(6-12)11(14)8(7)4-10(9)16-2;1-8(12)11-9(10(13)14-2)6-7-15(3,4)5;2-1-3/h1,7-8,18H,9-10H2,2-5H3;3-4H,5-6H2,1-2H3;9H,1-5H3,(H,11,12);/t17-;;;/m1.../s1. The number of hydrogen-bond donors (Lipinski definition) is 2. The fourth-order valence-corrected chi connectivity index (χ4v) is 6.25. The lowest BCUT2D eigenvalue weighted by atomic mass is 10.0. The van der Waals surface area contributed by atoms with Gasteiger partial charge < -0.3 is 43.5 Å². The molecule has 2 heterocycles. The van der Waals surface area contributed by atoms with Crippen molar-refractivity contribution in [2.24, 2.45) is 0 Å². The number of esters is 2. The van der Waals surface area contributed by atoms with Gasteiger partial charge in [0.2, 0.25) is 5.91 Å². The average Bonchev–Trinajstić information content (AvgIpc) is 3.69. The first-order valence-electron chi connectivity index (χ1n) is 17.1. The number of nitrogens with zero attached hydrogens (tertiary/aromatic N) is 2. The molecule has 19 heteroatoms. The van der Waals surface area contributed by atoms with Crippen molar-refractivity contribution >= 4 is 59.8 Å². The molecular weight excluding hydrogens is 840 g/mol. The van der Waals surface area contributed by atoms with Crippen LogP contribution in [-0.2, 0) is 46.5 Å². The molecule has 0 bridgehead atoms.